The van der Waals surface area contributed by atoms with Crippen LogP contribution >= 0.6 is 0 Å². The Kier molecular flexibility index (Phi) is 3.79. The predicted octanol–water partition coefficient (Wildman–Crippen LogP) is 3.36. The number of nitro benzene ring substituents is 1. The maximum absolute atomic E-state index is 13.7. The van der Waals surface area contributed by atoms with Gasteiger partial charge in [-0.25, -0.2) is 13.6 Å². The number of nitrogens with zero attached hydrogens (tertiary/aromatic N) is 1. The van der Waals surface area contributed by atoms with Crippen LogP contribution in [0.4, 0.5) is 14.5 Å². The third-order valence-corrected chi connectivity index (χ3v) is 2.54. The topological polar surface area (TPSA) is 89.7 Å². The van der Waals surface area contributed by atoms with Crippen LogP contribution in [0.5, 0.6) is 11.5 Å². The van der Waals surface area contributed by atoms with Gasteiger partial charge >= 0.3 is 5.97 Å². The third kappa shape index (κ3) is 2.94. The molecule has 0 aromatic heterocycles. The maximum Gasteiger partial charge on any atom is 0.342 e. The lowest BCUT2D eigenvalue weighted by Gasteiger charge is -2.09. The Bertz CT molecular complexity index is 732. The van der Waals surface area contributed by atoms with Crippen LogP contribution in [0.25, 0.3) is 0 Å². The standard InChI is InChI=1S/C13H7F2NO5/c14-8-2-1-3-11(12(8)13(17)18)21-10-5-4-7(16(19)20)6-9(10)15/h1-6H,(H,17,18). The summed E-state index contributed by atoms with van der Waals surface area (Å²) in [6.07, 6.45) is 0. The summed E-state index contributed by atoms with van der Waals surface area (Å²) in [5.74, 6) is -4.54. The second-order valence-corrected chi connectivity index (χ2v) is 3.89. The largest absolute Gasteiger partial charge is 0.477 e. The zero-order valence-electron chi connectivity index (χ0n) is 10.2. The number of carbonyl (C=O) groups is 1. The Morgan fingerprint density at radius 3 is 2.43 bits per heavy atom. The second-order valence-electron chi connectivity index (χ2n) is 3.89. The number of halogens is 2. The van der Waals surface area contributed by atoms with Gasteiger partial charge in [-0.1, -0.05) is 6.07 Å². The van der Waals surface area contributed by atoms with Crippen molar-refractivity contribution in [3.05, 3.63) is 63.7 Å². The first-order chi connectivity index (χ1) is 9.90. The van der Waals surface area contributed by atoms with E-state index in [4.69, 9.17) is 9.84 Å². The molecule has 0 aliphatic heterocycles. The fraction of sp³-hybridized carbons (Fsp3) is 0. The predicted molar refractivity (Wildman–Crippen MR) is 66.5 cm³/mol. The number of benzene rings is 2. The average Bonchev–Trinajstić information content (AvgIpc) is 2.40. The van der Waals surface area contributed by atoms with Gasteiger partial charge in [-0.15, -0.1) is 0 Å². The molecule has 0 amide bonds. The van der Waals surface area contributed by atoms with E-state index in [1.165, 1.54) is 6.07 Å². The first-order valence-electron chi connectivity index (χ1n) is 5.53. The van der Waals surface area contributed by atoms with E-state index in [9.17, 15) is 23.7 Å². The van der Waals surface area contributed by atoms with Crippen molar-refractivity contribution in [3.63, 3.8) is 0 Å². The van der Waals surface area contributed by atoms with Crippen LogP contribution in [0.1, 0.15) is 10.4 Å². The van der Waals surface area contributed by atoms with Crippen LogP contribution in [0, 0.1) is 21.7 Å². The number of carboxylic acids is 1. The van der Waals surface area contributed by atoms with E-state index in [2.05, 4.69) is 0 Å². The summed E-state index contributed by atoms with van der Waals surface area (Å²) in [7, 11) is 0. The summed E-state index contributed by atoms with van der Waals surface area (Å²) in [5.41, 5.74) is -1.24. The summed E-state index contributed by atoms with van der Waals surface area (Å²) >= 11 is 0. The van der Waals surface area contributed by atoms with Crippen molar-refractivity contribution in [1.82, 2.24) is 0 Å². The SMILES string of the molecule is O=C(O)c1c(F)cccc1Oc1ccc([N+](=O)[O-])cc1F. The molecule has 0 saturated heterocycles. The van der Waals surface area contributed by atoms with Crippen LogP contribution in [0.15, 0.2) is 36.4 Å². The van der Waals surface area contributed by atoms with Crippen molar-refractivity contribution < 1.29 is 28.3 Å². The van der Waals surface area contributed by atoms with Gasteiger partial charge in [-0.3, -0.25) is 10.1 Å². The lowest BCUT2D eigenvalue weighted by Crippen LogP contribution is -2.04. The number of aromatic carboxylic acids is 1. The first kappa shape index (κ1) is 14.4. The molecule has 0 atom stereocenters. The summed E-state index contributed by atoms with van der Waals surface area (Å²) < 4.78 is 32.1. The molecule has 0 heterocycles. The molecule has 108 valence electrons. The minimum absolute atomic E-state index is 0.407. The summed E-state index contributed by atoms with van der Waals surface area (Å²) in [6, 6.07) is 5.83. The van der Waals surface area contributed by atoms with Crippen molar-refractivity contribution in [2.45, 2.75) is 0 Å². The number of carboxylic acid groups (broad SMARTS) is 1. The quantitative estimate of drug-likeness (QED) is 0.690. The van der Waals surface area contributed by atoms with Gasteiger partial charge in [0.15, 0.2) is 11.6 Å². The zero-order valence-corrected chi connectivity index (χ0v) is 10.2. The normalized spacial score (nSPS) is 10.2. The van der Waals surface area contributed by atoms with Crippen molar-refractivity contribution in [3.8, 4) is 11.5 Å². The number of hydrogen-bond donors (Lipinski definition) is 1. The molecule has 0 fully saturated rings. The van der Waals surface area contributed by atoms with Crippen LogP contribution in [0.3, 0.4) is 0 Å². The van der Waals surface area contributed by atoms with E-state index in [1.807, 2.05) is 0 Å². The van der Waals surface area contributed by atoms with Crippen molar-refractivity contribution >= 4 is 11.7 Å². The number of ether oxygens (including phenoxy) is 1. The van der Waals surface area contributed by atoms with Crippen molar-refractivity contribution in [2.24, 2.45) is 0 Å². The minimum Gasteiger partial charge on any atom is -0.477 e. The molecule has 0 unspecified atom stereocenters. The van der Waals surface area contributed by atoms with E-state index in [1.54, 1.807) is 0 Å². The second kappa shape index (κ2) is 5.53. The lowest BCUT2D eigenvalue weighted by molar-refractivity contribution is -0.385. The van der Waals surface area contributed by atoms with Gasteiger partial charge in [0.2, 0.25) is 0 Å². The monoisotopic (exact) mass is 295 g/mol. The Balaban J connectivity index is 2.42. The highest BCUT2D eigenvalue weighted by Gasteiger charge is 2.19. The number of hydrogen-bond acceptors (Lipinski definition) is 4. The molecule has 21 heavy (non-hydrogen) atoms. The van der Waals surface area contributed by atoms with Gasteiger partial charge in [-0.05, 0) is 18.2 Å². The van der Waals surface area contributed by atoms with Gasteiger partial charge in [-0.2, -0.15) is 0 Å². The molecule has 2 aromatic rings. The summed E-state index contributed by atoms with van der Waals surface area (Å²) in [5, 5.41) is 19.4. The molecule has 2 aromatic carbocycles. The fourth-order valence-electron chi connectivity index (χ4n) is 1.60. The lowest BCUT2D eigenvalue weighted by atomic mass is 10.2. The number of rotatable bonds is 4. The molecule has 0 saturated carbocycles. The van der Waals surface area contributed by atoms with Crippen LogP contribution in [0.2, 0.25) is 0 Å². The molecule has 0 aliphatic carbocycles. The molecule has 1 N–H and O–H groups in total. The maximum atomic E-state index is 13.7. The van der Waals surface area contributed by atoms with Crippen LogP contribution < -0.4 is 4.74 Å². The zero-order chi connectivity index (χ0) is 15.6. The summed E-state index contributed by atoms with van der Waals surface area (Å²) in [6.45, 7) is 0. The summed E-state index contributed by atoms with van der Waals surface area (Å²) in [4.78, 5) is 20.6. The van der Waals surface area contributed by atoms with Gasteiger partial charge in [0, 0.05) is 6.07 Å². The molecule has 0 radical (unpaired) electrons. The Morgan fingerprint density at radius 1 is 1.14 bits per heavy atom. The third-order valence-electron chi connectivity index (χ3n) is 2.54. The highest BCUT2D eigenvalue weighted by atomic mass is 19.1. The molecule has 6 nitrogen and oxygen atoms in total. The fourth-order valence-corrected chi connectivity index (χ4v) is 1.60. The van der Waals surface area contributed by atoms with E-state index < -0.39 is 45.3 Å². The molecule has 8 heteroatoms. The smallest absolute Gasteiger partial charge is 0.342 e. The highest BCUT2D eigenvalue weighted by Crippen LogP contribution is 2.30. The average molecular weight is 295 g/mol. The Labute approximate surface area is 116 Å². The van der Waals surface area contributed by atoms with Crippen LogP contribution in [-0.2, 0) is 0 Å². The molecule has 0 aliphatic rings. The number of non-ortho nitro benzene ring substituents is 1. The van der Waals surface area contributed by atoms with Gasteiger partial charge < -0.3 is 9.84 Å². The Hall–Kier alpha value is -3.03. The molecular weight excluding hydrogens is 288 g/mol. The van der Waals surface area contributed by atoms with Crippen LogP contribution in [-0.4, -0.2) is 16.0 Å². The van der Waals surface area contributed by atoms with Crippen molar-refractivity contribution in [1.29, 1.82) is 0 Å². The van der Waals surface area contributed by atoms with E-state index >= 15 is 0 Å². The van der Waals surface area contributed by atoms with Crippen molar-refractivity contribution in [2.75, 3.05) is 0 Å². The molecule has 2 rings (SSSR count). The van der Waals surface area contributed by atoms with E-state index in [-0.39, 0.29) is 0 Å². The number of nitro groups is 1. The first-order valence-corrected chi connectivity index (χ1v) is 5.53. The molecular formula is C13H7F2NO5. The van der Waals surface area contributed by atoms with Gasteiger partial charge in [0.1, 0.15) is 17.1 Å². The van der Waals surface area contributed by atoms with E-state index in [0.717, 1.165) is 24.3 Å². The highest BCUT2D eigenvalue weighted by molar-refractivity contribution is 5.91. The molecule has 0 spiro atoms. The Morgan fingerprint density at radius 2 is 1.86 bits per heavy atom. The van der Waals surface area contributed by atoms with Gasteiger partial charge in [0.25, 0.3) is 5.69 Å². The molecule has 0 bridgehead atoms. The minimum atomic E-state index is -1.58. The van der Waals surface area contributed by atoms with Gasteiger partial charge in [0.05, 0.1) is 11.0 Å². The van der Waals surface area contributed by atoms with E-state index in [0.29, 0.717) is 6.07 Å².